The molecule has 0 saturated carbocycles. The van der Waals surface area contributed by atoms with Crippen molar-refractivity contribution in [3.05, 3.63) is 89.4 Å². The number of carbonyl (C=O) groups is 3. The van der Waals surface area contributed by atoms with Gasteiger partial charge in [-0.05, 0) is 60.7 Å². The van der Waals surface area contributed by atoms with Crippen molar-refractivity contribution in [1.29, 1.82) is 0 Å². The molecule has 0 atom stereocenters. The second kappa shape index (κ2) is 9.22. The van der Waals surface area contributed by atoms with Gasteiger partial charge in [-0.25, -0.2) is 9.37 Å². The zero-order chi connectivity index (χ0) is 24.4. The highest BCUT2D eigenvalue weighted by Gasteiger charge is 2.16. The van der Waals surface area contributed by atoms with E-state index < -0.39 is 17.6 Å². The van der Waals surface area contributed by atoms with Crippen LogP contribution in [0.2, 0.25) is 0 Å². The van der Waals surface area contributed by atoms with Crippen LogP contribution in [0.15, 0.2) is 66.7 Å². The van der Waals surface area contributed by atoms with Crippen LogP contribution in [0.1, 0.15) is 31.2 Å². The molecule has 1 aromatic heterocycles. The van der Waals surface area contributed by atoms with E-state index in [1.807, 2.05) is 0 Å². The van der Waals surface area contributed by atoms with Gasteiger partial charge in [-0.3, -0.25) is 14.4 Å². The summed E-state index contributed by atoms with van der Waals surface area (Å²) in [5.41, 5.74) is 1.66. The fourth-order valence-electron chi connectivity index (χ4n) is 3.63. The lowest BCUT2D eigenvalue weighted by Crippen LogP contribution is -2.17. The van der Waals surface area contributed by atoms with Crippen LogP contribution in [-0.4, -0.2) is 36.3 Å². The molecule has 0 fully saturated rings. The van der Waals surface area contributed by atoms with Crippen molar-refractivity contribution < 1.29 is 28.2 Å². The summed E-state index contributed by atoms with van der Waals surface area (Å²) in [4.78, 5) is 40.5. The predicted molar refractivity (Wildman–Crippen MR) is 127 cm³/mol. The highest BCUT2D eigenvalue weighted by atomic mass is 19.1. The van der Waals surface area contributed by atoms with Gasteiger partial charge in [-0.1, -0.05) is 6.07 Å². The Labute approximate surface area is 198 Å². The van der Waals surface area contributed by atoms with Crippen molar-refractivity contribution in [2.45, 2.75) is 0 Å². The SMILES string of the molecule is O=Cc1ccc2cc(C(=O)Nc3cc(NC(=O)c4ccc5c(c4)OCCO5)ccc3F)ccc2n1. The Morgan fingerprint density at radius 2 is 1.57 bits per heavy atom. The summed E-state index contributed by atoms with van der Waals surface area (Å²) >= 11 is 0. The molecule has 2 heterocycles. The molecule has 4 aromatic rings. The van der Waals surface area contributed by atoms with E-state index in [-0.39, 0.29) is 16.9 Å². The smallest absolute Gasteiger partial charge is 0.255 e. The monoisotopic (exact) mass is 471 g/mol. The van der Waals surface area contributed by atoms with Gasteiger partial charge >= 0.3 is 0 Å². The Kier molecular flexibility index (Phi) is 5.80. The second-order valence-electron chi connectivity index (χ2n) is 7.72. The third-order valence-corrected chi connectivity index (χ3v) is 5.37. The summed E-state index contributed by atoms with van der Waals surface area (Å²) in [6.07, 6.45) is 0.641. The van der Waals surface area contributed by atoms with Gasteiger partial charge in [0.05, 0.1) is 11.2 Å². The molecular formula is C26H18FN3O5. The van der Waals surface area contributed by atoms with E-state index in [9.17, 15) is 18.8 Å². The molecule has 0 spiro atoms. The number of carbonyl (C=O) groups excluding carboxylic acids is 3. The van der Waals surface area contributed by atoms with Crippen LogP contribution in [0, 0.1) is 5.82 Å². The maximum Gasteiger partial charge on any atom is 0.255 e. The van der Waals surface area contributed by atoms with Crippen molar-refractivity contribution in [1.82, 2.24) is 4.98 Å². The molecule has 174 valence electrons. The molecule has 2 N–H and O–H groups in total. The van der Waals surface area contributed by atoms with Crippen LogP contribution < -0.4 is 20.1 Å². The average molecular weight is 471 g/mol. The van der Waals surface area contributed by atoms with E-state index in [0.29, 0.717) is 53.2 Å². The van der Waals surface area contributed by atoms with E-state index in [0.717, 1.165) is 6.07 Å². The number of amides is 2. The number of pyridine rings is 1. The first kappa shape index (κ1) is 22.0. The number of anilines is 2. The molecule has 35 heavy (non-hydrogen) atoms. The maximum atomic E-state index is 14.4. The summed E-state index contributed by atoms with van der Waals surface area (Å²) in [6.45, 7) is 0.840. The number of aldehydes is 1. The topological polar surface area (TPSA) is 107 Å². The van der Waals surface area contributed by atoms with Gasteiger partial charge in [0.25, 0.3) is 11.8 Å². The largest absolute Gasteiger partial charge is 0.486 e. The van der Waals surface area contributed by atoms with E-state index in [1.54, 1.807) is 42.5 Å². The second-order valence-corrected chi connectivity index (χ2v) is 7.72. The van der Waals surface area contributed by atoms with Crippen LogP contribution in [0.3, 0.4) is 0 Å². The van der Waals surface area contributed by atoms with E-state index in [2.05, 4.69) is 15.6 Å². The number of hydrogen-bond donors (Lipinski definition) is 2. The average Bonchev–Trinajstić information content (AvgIpc) is 2.89. The van der Waals surface area contributed by atoms with Crippen LogP contribution in [0.5, 0.6) is 11.5 Å². The van der Waals surface area contributed by atoms with Gasteiger partial charge in [0.15, 0.2) is 17.8 Å². The summed E-state index contributed by atoms with van der Waals surface area (Å²) in [6, 6.07) is 16.7. The molecule has 1 aliphatic heterocycles. The van der Waals surface area contributed by atoms with E-state index >= 15 is 0 Å². The first-order valence-corrected chi connectivity index (χ1v) is 10.7. The Morgan fingerprint density at radius 1 is 0.829 bits per heavy atom. The molecule has 0 aliphatic carbocycles. The predicted octanol–water partition coefficient (Wildman–Crippen LogP) is 4.46. The van der Waals surface area contributed by atoms with E-state index in [1.165, 1.54) is 18.2 Å². The Morgan fingerprint density at radius 3 is 2.40 bits per heavy atom. The third-order valence-electron chi connectivity index (χ3n) is 5.37. The lowest BCUT2D eigenvalue weighted by molar-refractivity contribution is 0.101. The summed E-state index contributed by atoms with van der Waals surface area (Å²) < 4.78 is 25.4. The lowest BCUT2D eigenvalue weighted by atomic mass is 10.1. The van der Waals surface area contributed by atoms with Crippen LogP contribution in [0.4, 0.5) is 15.8 Å². The number of halogens is 1. The van der Waals surface area contributed by atoms with E-state index in [4.69, 9.17) is 9.47 Å². The summed E-state index contributed by atoms with van der Waals surface area (Å²) in [5, 5.41) is 5.88. The quantitative estimate of drug-likeness (QED) is 0.416. The minimum atomic E-state index is -0.659. The number of rotatable bonds is 5. The molecule has 3 aromatic carbocycles. The molecule has 2 amide bonds. The number of aromatic nitrogens is 1. The number of nitrogens with zero attached hydrogens (tertiary/aromatic N) is 1. The fourth-order valence-corrected chi connectivity index (χ4v) is 3.63. The van der Waals surface area contributed by atoms with Crippen molar-refractivity contribution in [2.24, 2.45) is 0 Å². The minimum Gasteiger partial charge on any atom is -0.486 e. The number of benzene rings is 3. The van der Waals surface area contributed by atoms with Gasteiger partial charge in [0, 0.05) is 22.2 Å². The number of nitrogens with one attached hydrogen (secondary N) is 2. The van der Waals surface area contributed by atoms with Crippen molar-refractivity contribution in [3.63, 3.8) is 0 Å². The molecule has 9 heteroatoms. The fraction of sp³-hybridized carbons (Fsp3) is 0.0769. The molecule has 0 bridgehead atoms. The lowest BCUT2D eigenvalue weighted by Gasteiger charge is -2.18. The van der Waals surface area contributed by atoms with Crippen LogP contribution in [-0.2, 0) is 0 Å². The standard InChI is InChI=1S/C26H18FN3O5/c27-20-6-5-18(29-25(32)17-3-8-23-24(12-17)35-10-9-34-23)13-22(20)30-26(33)16-2-7-21-15(11-16)1-4-19(14-31)28-21/h1-8,11-14H,9-10H2,(H,29,32)(H,30,33). The normalized spacial score (nSPS) is 12.1. The van der Waals surface area contributed by atoms with Gasteiger partial charge in [0.1, 0.15) is 24.7 Å². The van der Waals surface area contributed by atoms with Gasteiger partial charge in [-0.15, -0.1) is 0 Å². The summed E-state index contributed by atoms with van der Waals surface area (Å²) in [5.74, 6) is -0.589. The first-order valence-electron chi connectivity index (χ1n) is 10.7. The molecule has 1 aliphatic rings. The van der Waals surface area contributed by atoms with Crippen molar-refractivity contribution in [2.75, 3.05) is 23.8 Å². The van der Waals surface area contributed by atoms with Crippen molar-refractivity contribution >= 4 is 40.4 Å². The van der Waals surface area contributed by atoms with Gasteiger partial charge < -0.3 is 20.1 Å². The Bertz CT molecular complexity index is 1490. The number of hydrogen-bond acceptors (Lipinski definition) is 6. The Balaban J connectivity index is 1.32. The molecular weight excluding hydrogens is 453 g/mol. The van der Waals surface area contributed by atoms with Crippen LogP contribution >= 0.6 is 0 Å². The van der Waals surface area contributed by atoms with Gasteiger partial charge in [-0.2, -0.15) is 0 Å². The highest BCUT2D eigenvalue weighted by Crippen LogP contribution is 2.31. The Hall–Kier alpha value is -4.79. The van der Waals surface area contributed by atoms with Crippen molar-refractivity contribution in [3.8, 4) is 11.5 Å². The molecule has 0 unspecified atom stereocenters. The minimum absolute atomic E-state index is 0.0931. The molecule has 0 saturated heterocycles. The first-order chi connectivity index (χ1) is 17.0. The third kappa shape index (κ3) is 4.65. The zero-order valence-electron chi connectivity index (χ0n) is 18.2. The van der Waals surface area contributed by atoms with Crippen LogP contribution in [0.25, 0.3) is 10.9 Å². The molecule has 5 rings (SSSR count). The van der Waals surface area contributed by atoms with Gasteiger partial charge in [0.2, 0.25) is 0 Å². The zero-order valence-corrected chi connectivity index (χ0v) is 18.2. The molecule has 0 radical (unpaired) electrons. The number of ether oxygens (including phenoxy) is 2. The highest BCUT2D eigenvalue weighted by molar-refractivity contribution is 6.07. The number of fused-ring (bicyclic) bond motifs is 2. The summed E-state index contributed by atoms with van der Waals surface area (Å²) in [7, 11) is 0. The maximum absolute atomic E-state index is 14.4. The molecule has 8 nitrogen and oxygen atoms in total.